The number of nitrogens with one attached hydrogen (secondary N) is 1. The number of hydrogen-bond donors (Lipinski definition) is 1. The van der Waals surface area contributed by atoms with Crippen molar-refractivity contribution < 1.29 is 9.53 Å². The standard InChI is InChI=1S/C22H19ClN4O3S/c1-2-3-19-26-27-20(28)12-17(25-22(27)31-19)13-30-18-10-8-16(9-11-18)24-21(29)14-4-6-15(23)7-5-14/h4-12H,2-3,13H2,1H3,(H,24,29). The van der Waals surface area contributed by atoms with Crippen LogP contribution in [0.15, 0.2) is 59.4 Å². The number of amides is 1. The van der Waals surface area contributed by atoms with Crippen LogP contribution in [-0.2, 0) is 13.0 Å². The monoisotopic (exact) mass is 454 g/mol. The highest BCUT2D eigenvalue weighted by Crippen LogP contribution is 2.19. The van der Waals surface area contributed by atoms with Gasteiger partial charge in [-0.25, -0.2) is 4.98 Å². The van der Waals surface area contributed by atoms with Crippen LogP contribution in [-0.4, -0.2) is 20.5 Å². The van der Waals surface area contributed by atoms with E-state index in [0.717, 1.165) is 17.8 Å². The van der Waals surface area contributed by atoms with Crippen molar-refractivity contribution in [1.82, 2.24) is 14.6 Å². The molecule has 2 aromatic heterocycles. The molecule has 1 amide bonds. The van der Waals surface area contributed by atoms with Crippen LogP contribution in [0.5, 0.6) is 5.75 Å². The van der Waals surface area contributed by atoms with E-state index in [9.17, 15) is 9.59 Å². The lowest BCUT2D eigenvalue weighted by atomic mass is 10.2. The molecule has 31 heavy (non-hydrogen) atoms. The molecule has 0 aliphatic carbocycles. The average molecular weight is 455 g/mol. The highest BCUT2D eigenvalue weighted by atomic mass is 35.5. The number of fused-ring (bicyclic) bond motifs is 1. The molecule has 2 heterocycles. The van der Waals surface area contributed by atoms with Crippen LogP contribution in [0.4, 0.5) is 5.69 Å². The van der Waals surface area contributed by atoms with E-state index in [0.29, 0.717) is 32.7 Å². The van der Waals surface area contributed by atoms with E-state index in [1.165, 1.54) is 21.9 Å². The molecule has 9 heteroatoms. The lowest BCUT2D eigenvalue weighted by Crippen LogP contribution is -2.16. The third-order valence-corrected chi connectivity index (χ3v) is 5.63. The van der Waals surface area contributed by atoms with Crippen LogP contribution in [0.2, 0.25) is 5.02 Å². The molecule has 0 unspecified atom stereocenters. The smallest absolute Gasteiger partial charge is 0.275 e. The van der Waals surface area contributed by atoms with Gasteiger partial charge < -0.3 is 10.1 Å². The Labute approximate surface area is 187 Å². The lowest BCUT2D eigenvalue weighted by Gasteiger charge is -2.08. The minimum absolute atomic E-state index is 0.156. The summed E-state index contributed by atoms with van der Waals surface area (Å²) in [6.45, 7) is 2.22. The highest BCUT2D eigenvalue weighted by molar-refractivity contribution is 7.16. The third-order valence-electron chi connectivity index (χ3n) is 4.41. The molecule has 158 valence electrons. The molecular formula is C22H19ClN4O3S. The van der Waals surface area contributed by atoms with Gasteiger partial charge in [0.25, 0.3) is 11.5 Å². The predicted octanol–water partition coefficient (Wildman–Crippen LogP) is 4.59. The Bertz CT molecular complexity index is 1270. The number of rotatable bonds is 7. The minimum Gasteiger partial charge on any atom is -0.487 e. The minimum atomic E-state index is -0.227. The van der Waals surface area contributed by atoms with Crippen LogP contribution in [0, 0.1) is 0 Å². The molecule has 0 bridgehead atoms. The number of halogens is 1. The molecule has 0 atom stereocenters. The fourth-order valence-corrected chi connectivity index (χ4v) is 4.03. The number of ether oxygens (including phenoxy) is 1. The summed E-state index contributed by atoms with van der Waals surface area (Å²) in [6.07, 6.45) is 1.78. The maximum atomic E-state index is 12.3. The Morgan fingerprint density at radius 1 is 1.16 bits per heavy atom. The SMILES string of the molecule is CCCc1nn2c(=O)cc(COc3ccc(NC(=O)c4ccc(Cl)cc4)cc3)nc2s1. The molecule has 0 radical (unpaired) electrons. The van der Waals surface area contributed by atoms with Crippen LogP contribution in [0.3, 0.4) is 0 Å². The maximum Gasteiger partial charge on any atom is 0.275 e. The summed E-state index contributed by atoms with van der Waals surface area (Å²) in [5.74, 6) is 0.373. The van der Waals surface area contributed by atoms with E-state index in [-0.39, 0.29) is 18.1 Å². The number of carbonyl (C=O) groups excluding carboxylic acids is 1. The molecule has 0 saturated carbocycles. The van der Waals surface area contributed by atoms with Crippen LogP contribution in [0.1, 0.15) is 34.4 Å². The first-order valence-electron chi connectivity index (χ1n) is 9.70. The van der Waals surface area contributed by atoms with Gasteiger partial charge >= 0.3 is 0 Å². The second kappa shape index (κ2) is 9.28. The topological polar surface area (TPSA) is 85.6 Å². The molecule has 1 N–H and O–H groups in total. The van der Waals surface area contributed by atoms with Crippen LogP contribution >= 0.6 is 22.9 Å². The summed E-state index contributed by atoms with van der Waals surface area (Å²) in [7, 11) is 0. The predicted molar refractivity (Wildman–Crippen MR) is 121 cm³/mol. The van der Waals surface area contributed by atoms with Gasteiger partial charge in [-0.05, 0) is 55.0 Å². The molecule has 0 fully saturated rings. The molecule has 0 aliphatic heterocycles. The van der Waals surface area contributed by atoms with Crippen molar-refractivity contribution in [3.05, 3.63) is 86.2 Å². The second-order valence-corrected chi connectivity index (χ2v) is 8.28. The Morgan fingerprint density at radius 3 is 2.61 bits per heavy atom. The van der Waals surface area contributed by atoms with Gasteiger partial charge in [-0.1, -0.05) is 29.9 Å². The number of carbonyl (C=O) groups is 1. The molecule has 2 aromatic carbocycles. The van der Waals surface area contributed by atoms with E-state index >= 15 is 0 Å². The van der Waals surface area contributed by atoms with Gasteiger partial charge in [-0.3, -0.25) is 9.59 Å². The lowest BCUT2D eigenvalue weighted by molar-refractivity contribution is 0.102. The summed E-state index contributed by atoms with van der Waals surface area (Å²) in [5.41, 5.74) is 1.47. The second-order valence-electron chi connectivity index (χ2n) is 6.80. The number of anilines is 1. The summed E-state index contributed by atoms with van der Waals surface area (Å²) < 4.78 is 7.08. The highest BCUT2D eigenvalue weighted by Gasteiger charge is 2.10. The summed E-state index contributed by atoms with van der Waals surface area (Å²) in [6, 6.07) is 15.1. The van der Waals surface area contributed by atoms with Gasteiger partial charge in [0.1, 0.15) is 17.4 Å². The molecule has 0 saturated heterocycles. The normalized spacial score (nSPS) is 10.9. The van der Waals surface area contributed by atoms with Crippen molar-refractivity contribution in [2.45, 2.75) is 26.4 Å². The number of benzene rings is 2. The fraction of sp³-hybridized carbons (Fsp3) is 0.182. The number of aromatic nitrogens is 3. The Balaban J connectivity index is 1.39. The summed E-state index contributed by atoms with van der Waals surface area (Å²) >= 11 is 7.26. The van der Waals surface area contributed by atoms with Crippen molar-refractivity contribution in [1.29, 1.82) is 0 Å². The zero-order chi connectivity index (χ0) is 21.8. The van der Waals surface area contributed by atoms with Gasteiger partial charge in [0.15, 0.2) is 0 Å². The van der Waals surface area contributed by atoms with Crippen molar-refractivity contribution in [3.63, 3.8) is 0 Å². The Hall–Kier alpha value is -3.23. The fourth-order valence-electron chi connectivity index (χ4n) is 2.88. The quantitative estimate of drug-likeness (QED) is 0.441. The van der Waals surface area contributed by atoms with E-state index < -0.39 is 0 Å². The third kappa shape index (κ3) is 5.10. The van der Waals surface area contributed by atoms with Crippen molar-refractivity contribution in [2.75, 3.05) is 5.32 Å². The van der Waals surface area contributed by atoms with E-state index in [4.69, 9.17) is 16.3 Å². The van der Waals surface area contributed by atoms with Crippen molar-refractivity contribution in [2.24, 2.45) is 0 Å². The van der Waals surface area contributed by atoms with Gasteiger partial charge in [0.2, 0.25) is 4.96 Å². The largest absolute Gasteiger partial charge is 0.487 e. The molecule has 4 rings (SSSR count). The Kier molecular flexibility index (Phi) is 6.29. The van der Waals surface area contributed by atoms with Gasteiger partial charge in [0, 0.05) is 28.8 Å². The maximum absolute atomic E-state index is 12.3. The van der Waals surface area contributed by atoms with Crippen LogP contribution < -0.4 is 15.6 Å². The summed E-state index contributed by atoms with van der Waals surface area (Å²) in [4.78, 5) is 29.6. The molecule has 7 nitrogen and oxygen atoms in total. The van der Waals surface area contributed by atoms with Gasteiger partial charge in [-0.15, -0.1) is 0 Å². The van der Waals surface area contributed by atoms with E-state index in [1.54, 1.807) is 48.5 Å². The zero-order valence-electron chi connectivity index (χ0n) is 16.7. The number of hydrogen-bond acceptors (Lipinski definition) is 6. The Morgan fingerprint density at radius 2 is 1.90 bits per heavy atom. The summed E-state index contributed by atoms with van der Waals surface area (Å²) in [5, 5.41) is 8.58. The van der Waals surface area contributed by atoms with Gasteiger partial charge in [0.05, 0.1) is 5.69 Å². The molecule has 0 aliphatic rings. The average Bonchev–Trinajstić information content (AvgIpc) is 3.17. The molecular weight excluding hydrogens is 436 g/mol. The number of nitrogens with zero attached hydrogens (tertiary/aromatic N) is 3. The van der Waals surface area contributed by atoms with Gasteiger partial charge in [-0.2, -0.15) is 9.61 Å². The number of aryl methyl sites for hydroxylation is 1. The van der Waals surface area contributed by atoms with Crippen molar-refractivity contribution in [3.8, 4) is 5.75 Å². The van der Waals surface area contributed by atoms with E-state index in [2.05, 4.69) is 22.3 Å². The zero-order valence-corrected chi connectivity index (χ0v) is 18.2. The first-order chi connectivity index (χ1) is 15.0. The first-order valence-corrected chi connectivity index (χ1v) is 10.9. The van der Waals surface area contributed by atoms with Crippen LogP contribution in [0.25, 0.3) is 4.96 Å². The molecule has 0 spiro atoms. The first kappa shape index (κ1) is 21.0. The van der Waals surface area contributed by atoms with Crippen molar-refractivity contribution >= 4 is 39.5 Å². The van der Waals surface area contributed by atoms with E-state index in [1.807, 2.05) is 0 Å². The molecule has 4 aromatic rings.